The summed E-state index contributed by atoms with van der Waals surface area (Å²) in [6.45, 7) is 6.19. The Morgan fingerprint density at radius 1 is 1.09 bits per heavy atom. The molecule has 0 aliphatic rings. The minimum Gasteiger partial charge on any atom is -0.323 e. The quantitative estimate of drug-likeness (QED) is 0.479. The molecule has 0 spiro atoms. The molecule has 0 aliphatic heterocycles. The highest BCUT2D eigenvalue weighted by Gasteiger charge is 2.22. The molecule has 1 amide bonds. The van der Waals surface area contributed by atoms with Crippen molar-refractivity contribution < 1.29 is 22.0 Å². The van der Waals surface area contributed by atoms with Crippen LogP contribution in [0.15, 0.2) is 52.4 Å². The summed E-state index contributed by atoms with van der Waals surface area (Å²) in [4.78, 5) is 16.9. The van der Waals surface area contributed by atoms with E-state index in [2.05, 4.69) is 10.3 Å². The third kappa shape index (κ3) is 5.25. The molecule has 6 nitrogen and oxygen atoms in total. The minimum atomic E-state index is -3.58. The van der Waals surface area contributed by atoms with Crippen LogP contribution in [0, 0.1) is 18.6 Å². The Morgan fingerprint density at radius 2 is 1.81 bits per heavy atom. The second kappa shape index (κ2) is 9.93. The third-order valence-corrected chi connectivity index (χ3v) is 7.82. The lowest BCUT2D eigenvalue weighted by Gasteiger charge is -2.19. The number of aromatic nitrogens is 1. The number of carbonyl (C=O) groups is 1. The molecule has 1 N–H and O–H groups in total. The van der Waals surface area contributed by atoms with E-state index in [9.17, 15) is 22.0 Å². The monoisotopic (exact) mass is 479 g/mol. The molecule has 3 rings (SSSR count). The zero-order valence-corrected chi connectivity index (χ0v) is 19.5. The fourth-order valence-electron chi connectivity index (χ4n) is 3.21. The molecule has 1 heterocycles. The minimum absolute atomic E-state index is 0.0246. The Morgan fingerprint density at radius 3 is 2.47 bits per heavy atom. The van der Waals surface area contributed by atoms with E-state index in [0.29, 0.717) is 35.1 Å². The van der Waals surface area contributed by atoms with Crippen molar-refractivity contribution in [3.63, 3.8) is 0 Å². The molecular weight excluding hydrogens is 456 g/mol. The predicted molar refractivity (Wildman–Crippen MR) is 122 cm³/mol. The third-order valence-electron chi connectivity index (χ3n) is 4.86. The topological polar surface area (TPSA) is 79.4 Å². The van der Waals surface area contributed by atoms with Crippen molar-refractivity contribution in [1.82, 2.24) is 9.29 Å². The molecule has 0 bridgehead atoms. The van der Waals surface area contributed by atoms with Crippen LogP contribution in [0.3, 0.4) is 0 Å². The van der Waals surface area contributed by atoms with Crippen molar-refractivity contribution in [3.05, 3.63) is 59.7 Å². The largest absolute Gasteiger partial charge is 0.323 e. The summed E-state index contributed by atoms with van der Waals surface area (Å²) in [6.07, 6.45) is 0. The molecule has 0 saturated carbocycles. The van der Waals surface area contributed by atoms with Gasteiger partial charge in [0.05, 0.1) is 26.9 Å². The lowest BCUT2D eigenvalue weighted by molar-refractivity contribution is -0.113. The number of sulfonamides is 1. The van der Waals surface area contributed by atoms with E-state index in [1.807, 2.05) is 6.92 Å². The summed E-state index contributed by atoms with van der Waals surface area (Å²) in [5, 5.41) is 3.69. The molecule has 0 aliphatic carbocycles. The number of hydrogen-bond acceptors (Lipinski definition) is 5. The van der Waals surface area contributed by atoms with Gasteiger partial charge in [-0.2, -0.15) is 4.31 Å². The van der Waals surface area contributed by atoms with Crippen LogP contribution in [0.2, 0.25) is 0 Å². The van der Waals surface area contributed by atoms with Crippen molar-refractivity contribution in [1.29, 1.82) is 0 Å². The van der Waals surface area contributed by atoms with Gasteiger partial charge in [0.1, 0.15) is 11.6 Å². The number of halogens is 2. The number of aryl methyl sites for hydroxylation is 1. The van der Waals surface area contributed by atoms with Crippen LogP contribution in [-0.4, -0.2) is 42.5 Å². The number of benzene rings is 2. The number of carbonyl (C=O) groups excluding carboxylic acids is 1. The number of rotatable bonds is 8. The maximum absolute atomic E-state index is 13.7. The zero-order valence-electron chi connectivity index (χ0n) is 17.9. The van der Waals surface area contributed by atoms with Crippen LogP contribution in [0.4, 0.5) is 14.5 Å². The first kappa shape index (κ1) is 24.1. The van der Waals surface area contributed by atoms with Crippen molar-refractivity contribution >= 4 is 44.3 Å². The van der Waals surface area contributed by atoms with Gasteiger partial charge in [-0.1, -0.05) is 25.6 Å². The van der Waals surface area contributed by atoms with Crippen molar-refractivity contribution in [2.75, 3.05) is 24.2 Å². The van der Waals surface area contributed by atoms with E-state index in [0.717, 1.165) is 29.5 Å². The van der Waals surface area contributed by atoms with Gasteiger partial charge in [-0.05, 0) is 48.9 Å². The highest BCUT2D eigenvalue weighted by atomic mass is 32.2. The first-order valence-electron chi connectivity index (χ1n) is 9.95. The van der Waals surface area contributed by atoms with E-state index < -0.39 is 27.6 Å². The number of nitrogens with zero attached hydrogens (tertiary/aromatic N) is 2. The number of thioether (sulfide) groups is 1. The number of nitrogens with one attached hydrogen (secondary N) is 1. The van der Waals surface area contributed by atoms with E-state index in [1.165, 1.54) is 10.4 Å². The van der Waals surface area contributed by atoms with Gasteiger partial charge in [0, 0.05) is 24.5 Å². The second-order valence-electron chi connectivity index (χ2n) is 7.01. The number of anilines is 1. The van der Waals surface area contributed by atoms with E-state index in [4.69, 9.17) is 0 Å². The van der Waals surface area contributed by atoms with Crippen molar-refractivity contribution in [2.24, 2.45) is 0 Å². The molecule has 0 saturated heterocycles. The summed E-state index contributed by atoms with van der Waals surface area (Å²) in [5.41, 5.74) is 1.33. The molecule has 0 fully saturated rings. The average Bonchev–Trinajstić information content (AvgIpc) is 2.74. The number of pyridine rings is 1. The van der Waals surface area contributed by atoms with Crippen molar-refractivity contribution in [2.45, 2.75) is 30.7 Å². The first-order valence-corrected chi connectivity index (χ1v) is 12.4. The molecule has 1 aromatic heterocycles. The van der Waals surface area contributed by atoms with Gasteiger partial charge in [-0.25, -0.2) is 22.2 Å². The Labute approximate surface area is 190 Å². The highest BCUT2D eigenvalue weighted by molar-refractivity contribution is 7.99. The molecule has 0 atom stereocenters. The predicted octanol–water partition coefficient (Wildman–Crippen LogP) is 4.58. The zero-order chi connectivity index (χ0) is 23.5. The number of fused-ring (bicyclic) bond motifs is 1. The van der Waals surface area contributed by atoms with Gasteiger partial charge in [-0.15, -0.1) is 0 Å². The van der Waals surface area contributed by atoms with Crippen LogP contribution >= 0.6 is 11.8 Å². The summed E-state index contributed by atoms with van der Waals surface area (Å²) in [6, 6.07) is 9.49. The summed E-state index contributed by atoms with van der Waals surface area (Å²) in [5.74, 6) is -2.05. The molecule has 32 heavy (non-hydrogen) atoms. The van der Waals surface area contributed by atoms with Crippen molar-refractivity contribution in [3.8, 4) is 0 Å². The summed E-state index contributed by atoms with van der Waals surface area (Å²) in [7, 11) is -3.58. The normalized spacial score (nSPS) is 11.8. The highest BCUT2D eigenvalue weighted by Crippen LogP contribution is 2.27. The number of hydrogen-bond donors (Lipinski definition) is 1. The van der Waals surface area contributed by atoms with Gasteiger partial charge >= 0.3 is 0 Å². The summed E-state index contributed by atoms with van der Waals surface area (Å²) < 4.78 is 53.7. The molecular formula is C22H23F2N3O3S2. The fraction of sp³-hybridized carbons (Fsp3) is 0.273. The Bertz CT molecular complexity index is 1260. The molecule has 0 radical (unpaired) electrons. The van der Waals surface area contributed by atoms with Gasteiger partial charge in [-0.3, -0.25) is 4.79 Å². The maximum atomic E-state index is 13.7. The number of amides is 1. The summed E-state index contributed by atoms with van der Waals surface area (Å²) >= 11 is 1.16. The van der Waals surface area contributed by atoms with Crippen LogP contribution in [0.25, 0.3) is 10.9 Å². The Kier molecular flexibility index (Phi) is 7.47. The van der Waals surface area contributed by atoms with Crippen LogP contribution in [0.5, 0.6) is 0 Å². The molecule has 0 unspecified atom stereocenters. The second-order valence-corrected chi connectivity index (χ2v) is 9.94. The van der Waals surface area contributed by atoms with Gasteiger partial charge in [0.25, 0.3) is 0 Å². The molecule has 3 aromatic rings. The van der Waals surface area contributed by atoms with Gasteiger partial charge < -0.3 is 5.32 Å². The van der Waals surface area contributed by atoms with E-state index in [-0.39, 0.29) is 16.3 Å². The van der Waals surface area contributed by atoms with Crippen LogP contribution < -0.4 is 5.32 Å². The fourth-order valence-corrected chi connectivity index (χ4v) is 5.46. The maximum Gasteiger partial charge on any atom is 0.243 e. The van der Waals surface area contributed by atoms with E-state index in [1.54, 1.807) is 32.0 Å². The average molecular weight is 480 g/mol. The SMILES string of the molecule is CCN(CC)S(=O)(=O)c1ccc2nc(SCC(=O)Nc3ccc(F)cc3F)cc(C)c2c1. The lowest BCUT2D eigenvalue weighted by atomic mass is 10.1. The Balaban J connectivity index is 1.77. The Hall–Kier alpha value is -2.56. The first-order chi connectivity index (χ1) is 15.1. The smallest absolute Gasteiger partial charge is 0.243 e. The van der Waals surface area contributed by atoms with Crippen LogP contribution in [0.1, 0.15) is 19.4 Å². The molecule has 10 heteroatoms. The van der Waals surface area contributed by atoms with Gasteiger partial charge in [0.15, 0.2) is 0 Å². The van der Waals surface area contributed by atoms with Gasteiger partial charge in [0.2, 0.25) is 15.9 Å². The lowest BCUT2D eigenvalue weighted by Crippen LogP contribution is -2.30. The molecule has 2 aromatic carbocycles. The molecule has 170 valence electrons. The van der Waals surface area contributed by atoms with Crippen LogP contribution in [-0.2, 0) is 14.8 Å². The standard InChI is InChI=1S/C22H23F2N3O3S2/c1-4-27(5-2)32(29,30)16-7-9-19-17(12-16)14(3)10-22(26-19)31-13-21(28)25-20-8-6-15(23)11-18(20)24/h6-12H,4-5,13H2,1-3H3,(H,25,28). The van der Waals surface area contributed by atoms with E-state index >= 15 is 0 Å².